The highest BCUT2D eigenvalue weighted by Gasteiger charge is 2.56. The zero-order valence-corrected chi connectivity index (χ0v) is 56.2. The Hall–Kier alpha value is -7.68. The molecule has 2 heterocycles. The second kappa shape index (κ2) is 38.6. The number of carbonyl (C=O) groups is 8. The molecule has 2 aliphatic heterocycles. The van der Waals surface area contributed by atoms with Crippen LogP contribution in [0.3, 0.4) is 0 Å². The number of aliphatic hydroxyl groups is 6. The third-order valence-corrected chi connectivity index (χ3v) is 18.5. The molecule has 0 saturated carbocycles. The van der Waals surface area contributed by atoms with Gasteiger partial charge < -0.3 is 91.7 Å². The fourth-order valence-corrected chi connectivity index (χ4v) is 12.7. The van der Waals surface area contributed by atoms with Crippen LogP contribution in [0, 0.1) is 0 Å². The van der Waals surface area contributed by atoms with Crippen LogP contribution >= 0.6 is 23.5 Å². The molecule has 0 spiro atoms. The van der Waals surface area contributed by atoms with E-state index >= 15 is 0 Å². The third kappa shape index (κ3) is 22.4. The Morgan fingerprint density at radius 3 is 1.56 bits per heavy atom. The lowest BCUT2D eigenvalue weighted by Gasteiger charge is -2.46. The number of nitrogens with two attached hydrogens (primary N) is 1. The Labute approximate surface area is 576 Å². The molecule has 98 heavy (non-hydrogen) atoms. The van der Waals surface area contributed by atoms with Crippen molar-refractivity contribution in [1.29, 1.82) is 0 Å². The number of amides is 5. The lowest BCUT2D eigenvalue weighted by molar-refractivity contribution is -0.310. The highest BCUT2D eigenvalue weighted by Crippen LogP contribution is 2.36. The van der Waals surface area contributed by atoms with Gasteiger partial charge in [0.05, 0.1) is 61.9 Å². The van der Waals surface area contributed by atoms with Gasteiger partial charge in [0.1, 0.15) is 30.2 Å². The summed E-state index contributed by atoms with van der Waals surface area (Å²) in [5, 5.41) is 90.6. The van der Waals surface area contributed by atoms with Crippen LogP contribution < -0.4 is 37.1 Å². The van der Waals surface area contributed by atoms with Crippen molar-refractivity contribution in [3.05, 3.63) is 150 Å². The van der Waals surface area contributed by atoms with Crippen LogP contribution in [0.4, 0.5) is 0 Å². The van der Waals surface area contributed by atoms with Gasteiger partial charge in [-0.1, -0.05) is 84.9 Å². The van der Waals surface area contributed by atoms with E-state index in [9.17, 15) is 74.1 Å². The lowest BCUT2D eigenvalue weighted by atomic mass is 9.88. The lowest BCUT2D eigenvalue weighted by Crippen LogP contribution is -2.68. The standard InChI is InChI=1S/C70H88N6O20S2/c1-43(78)75-59-54(81)38-69(42-77,95-63(59)61(85)56(83)40-73-65(87)49-22-18-47(19-23-49)45-13-5-3-6-14-45)93-31-11-35-98-36-29-72-67(89)51-26-27-52(58(37-51)92-30-10-28-71)53(80)17-9-33-97-34-12-32-94-70(68(90)91)39-55(82)60(76-44(2)79)64(96-70)62(86)57(84)41-74-66(88)50-24-20-48(21-25-50)46-15-7-4-8-16-46/h3-8,13-16,18-27,37,42,54-57,59-64,81-86H,9-12,17,28-36,38-41,71H2,1-2H3,(H,72,89)(H,73,87)(H,74,88)(H,75,78)(H,76,79)(H,90,91)/t54-,55-,56+,57+,59+,60+,61+,62+,63+,64+,69+,70+/m0/s1. The number of Topliss-reactive ketones (excluding diaryl/α,β-unsaturated/α-hetero) is 1. The third-order valence-electron chi connectivity index (χ3n) is 16.3. The predicted octanol–water partition coefficient (Wildman–Crippen LogP) is 3.01. The molecule has 7 rings (SSSR count). The summed E-state index contributed by atoms with van der Waals surface area (Å²) in [4.78, 5) is 103. The minimum Gasteiger partial charge on any atom is -0.493 e. The Bertz CT molecular complexity index is 3420. The first-order valence-electron chi connectivity index (χ1n) is 32.3. The number of hydrogen-bond donors (Lipinski definition) is 13. The molecule has 5 aromatic carbocycles. The van der Waals surface area contributed by atoms with Crippen molar-refractivity contribution in [3.8, 4) is 28.0 Å². The summed E-state index contributed by atoms with van der Waals surface area (Å²) in [7, 11) is 0. The van der Waals surface area contributed by atoms with Crippen molar-refractivity contribution in [2.45, 2.75) is 131 Å². The smallest absolute Gasteiger partial charge is 0.364 e. The summed E-state index contributed by atoms with van der Waals surface area (Å²) in [6, 6.07) is 34.5. The number of aliphatic carboxylic acids is 1. The average Bonchev–Trinajstić information content (AvgIpc) is 0.781. The highest BCUT2D eigenvalue weighted by atomic mass is 32.2. The maximum absolute atomic E-state index is 13.6. The van der Waals surface area contributed by atoms with E-state index in [0.29, 0.717) is 67.1 Å². The maximum atomic E-state index is 13.6. The summed E-state index contributed by atoms with van der Waals surface area (Å²) in [6.07, 6.45) is -12.5. The van der Waals surface area contributed by atoms with Crippen molar-refractivity contribution >= 4 is 71.1 Å². The van der Waals surface area contributed by atoms with Gasteiger partial charge in [0.2, 0.25) is 17.6 Å². The van der Waals surface area contributed by atoms with Gasteiger partial charge in [0.15, 0.2) is 12.1 Å². The Morgan fingerprint density at radius 1 is 0.582 bits per heavy atom. The summed E-state index contributed by atoms with van der Waals surface area (Å²) >= 11 is 2.94. The molecule has 530 valence electrons. The Balaban J connectivity index is 0.812. The number of carboxylic acid groups (broad SMARTS) is 1. The molecule has 0 radical (unpaired) electrons. The largest absolute Gasteiger partial charge is 0.493 e. The van der Waals surface area contributed by atoms with Gasteiger partial charge in [0, 0.05) is 75.2 Å². The average molecular weight is 1400 g/mol. The molecule has 28 heteroatoms. The molecule has 0 unspecified atom stereocenters. The number of hydrogen-bond acceptors (Lipinski definition) is 22. The van der Waals surface area contributed by atoms with Crippen LogP contribution in [0.2, 0.25) is 0 Å². The number of rotatable bonds is 39. The number of thioether (sulfide) groups is 2. The minimum atomic E-state index is -2.50. The van der Waals surface area contributed by atoms with Crippen LogP contribution in [0.15, 0.2) is 127 Å². The van der Waals surface area contributed by atoms with E-state index in [1.54, 1.807) is 48.5 Å². The van der Waals surface area contributed by atoms with E-state index in [2.05, 4.69) is 26.6 Å². The molecule has 14 N–H and O–H groups in total. The van der Waals surface area contributed by atoms with E-state index in [1.165, 1.54) is 48.6 Å². The Kier molecular flexibility index (Phi) is 30.6. The quantitative estimate of drug-likeness (QED) is 0.0153. The first-order chi connectivity index (χ1) is 47.1. The van der Waals surface area contributed by atoms with Gasteiger partial charge in [-0.25, -0.2) is 4.79 Å². The SMILES string of the molecule is CC(=O)N[C@H]1[C@H]([C@H](O)[C@H](O)CNC(=O)c2ccc(-c3ccccc3)cc2)O[C@](C=O)(OCCCSCCNC(=O)c2ccc(C(=O)CCCSCCCO[C@]3(C(=O)O)C[C@H](O)[C@@H](NC(C)=O)[C@H]([C@H](O)[C@H](O)CNC(=O)c4ccc(-c5ccccc5)cc4)O3)c(OCCCN)c2)C[C@@H]1O. The molecule has 2 fully saturated rings. The number of ether oxygens (including phenoxy) is 5. The maximum Gasteiger partial charge on any atom is 0.364 e. The van der Waals surface area contributed by atoms with Crippen molar-refractivity contribution in [1.82, 2.24) is 26.6 Å². The van der Waals surface area contributed by atoms with E-state index in [4.69, 9.17) is 29.4 Å². The van der Waals surface area contributed by atoms with Crippen molar-refractivity contribution in [3.63, 3.8) is 0 Å². The van der Waals surface area contributed by atoms with E-state index in [-0.39, 0.29) is 61.0 Å². The monoisotopic (exact) mass is 1400 g/mol. The number of ketones is 1. The van der Waals surface area contributed by atoms with Crippen LogP contribution in [0.5, 0.6) is 5.75 Å². The van der Waals surface area contributed by atoms with Gasteiger partial charge in [-0.2, -0.15) is 23.5 Å². The zero-order chi connectivity index (χ0) is 70.8. The van der Waals surface area contributed by atoms with Crippen molar-refractivity contribution in [2.24, 2.45) is 5.73 Å². The zero-order valence-electron chi connectivity index (χ0n) is 54.5. The number of benzene rings is 5. The number of carboxylic acids is 1. The minimum absolute atomic E-state index is 0.0408. The molecule has 5 aromatic rings. The number of aliphatic hydroxyl groups excluding tert-OH is 6. The number of nitrogens with one attached hydrogen (secondary N) is 5. The van der Waals surface area contributed by atoms with Crippen LogP contribution in [0.25, 0.3) is 22.3 Å². The molecular weight excluding hydrogens is 1310 g/mol. The summed E-state index contributed by atoms with van der Waals surface area (Å²) < 4.78 is 29.5. The molecular formula is C70H88N6O20S2. The number of aldehydes is 1. The number of carbonyl (C=O) groups excluding carboxylic acids is 7. The molecule has 0 aliphatic carbocycles. The summed E-state index contributed by atoms with van der Waals surface area (Å²) in [5.74, 6) is -6.98. The van der Waals surface area contributed by atoms with Gasteiger partial charge in [0.25, 0.3) is 23.5 Å². The normalized spacial score (nSPS) is 21.8. The molecule has 0 bridgehead atoms. The fraction of sp³-hybridized carbons (Fsp3) is 0.457. The van der Waals surface area contributed by atoms with Crippen LogP contribution in [0.1, 0.15) is 100 Å². The summed E-state index contributed by atoms with van der Waals surface area (Å²) in [5.41, 5.74) is 10.5. The first kappa shape index (κ1) is 77.7. The van der Waals surface area contributed by atoms with E-state index in [0.717, 1.165) is 29.2 Å². The molecule has 12 atom stereocenters. The first-order valence-corrected chi connectivity index (χ1v) is 34.7. The van der Waals surface area contributed by atoms with Crippen molar-refractivity contribution < 1.29 is 97.8 Å². The predicted molar refractivity (Wildman–Crippen MR) is 365 cm³/mol. The molecule has 2 aliphatic rings. The van der Waals surface area contributed by atoms with Gasteiger partial charge in [-0.05, 0) is 114 Å². The molecule has 2 saturated heterocycles. The van der Waals surface area contributed by atoms with Gasteiger partial charge in [-0.15, -0.1) is 0 Å². The molecule has 5 amide bonds. The molecule has 0 aromatic heterocycles. The summed E-state index contributed by atoms with van der Waals surface area (Å²) in [6.45, 7) is 1.93. The second-order valence-corrected chi connectivity index (χ2v) is 26.1. The molecule has 26 nitrogen and oxygen atoms in total. The van der Waals surface area contributed by atoms with E-state index in [1.807, 2.05) is 60.7 Å². The van der Waals surface area contributed by atoms with Gasteiger partial charge in [-0.3, -0.25) is 33.6 Å². The van der Waals surface area contributed by atoms with Crippen LogP contribution in [-0.4, -0.2) is 225 Å². The Morgan fingerprint density at radius 2 is 1.05 bits per heavy atom. The highest BCUT2D eigenvalue weighted by molar-refractivity contribution is 7.99. The van der Waals surface area contributed by atoms with Gasteiger partial charge >= 0.3 is 5.97 Å². The second-order valence-electron chi connectivity index (χ2n) is 23.7. The van der Waals surface area contributed by atoms with Crippen LogP contribution in [-0.2, 0) is 38.1 Å². The van der Waals surface area contributed by atoms with Crippen molar-refractivity contribution in [2.75, 3.05) is 69.0 Å². The topological polar surface area (TPSA) is 410 Å². The fourth-order valence-electron chi connectivity index (χ4n) is 11.1. The van der Waals surface area contributed by atoms with E-state index < -0.39 is 134 Å².